The molecule has 0 amide bonds. The summed E-state index contributed by atoms with van der Waals surface area (Å²) in [6, 6.07) is 0. The number of rotatable bonds is 4. The van der Waals surface area contributed by atoms with Crippen molar-refractivity contribution < 1.29 is 9.84 Å². The molecule has 0 aromatic carbocycles. The van der Waals surface area contributed by atoms with Crippen LogP contribution in [0.15, 0.2) is 0 Å². The summed E-state index contributed by atoms with van der Waals surface area (Å²) in [6.45, 7) is 5.07. The molecule has 3 atom stereocenters. The van der Waals surface area contributed by atoms with E-state index < -0.39 is 0 Å². The van der Waals surface area contributed by atoms with Gasteiger partial charge in [-0.05, 0) is 19.3 Å². The molecule has 0 bridgehead atoms. The summed E-state index contributed by atoms with van der Waals surface area (Å²) in [6.07, 6.45) is 4.23. The summed E-state index contributed by atoms with van der Waals surface area (Å²) in [5.41, 5.74) is 0. The normalized spacial score (nSPS) is 32.2. The van der Waals surface area contributed by atoms with Crippen LogP contribution in [0.25, 0.3) is 0 Å². The zero-order valence-electron chi connectivity index (χ0n) is 8.12. The molecule has 0 radical (unpaired) electrons. The molecule has 0 aromatic heterocycles. The van der Waals surface area contributed by atoms with Gasteiger partial charge in [0.25, 0.3) is 0 Å². The van der Waals surface area contributed by atoms with Gasteiger partial charge in [0, 0.05) is 12.5 Å². The van der Waals surface area contributed by atoms with Crippen LogP contribution in [0.5, 0.6) is 0 Å². The van der Waals surface area contributed by atoms with Gasteiger partial charge in [-0.3, -0.25) is 0 Å². The summed E-state index contributed by atoms with van der Waals surface area (Å²) in [4.78, 5) is 0. The third kappa shape index (κ3) is 2.20. The first-order chi connectivity index (χ1) is 5.79. The van der Waals surface area contributed by atoms with Gasteiger partial charge in [0.2, 0.25) is 0 Å². The standard InChI is InChI=1S/C10H20O2/c1-3-5-9(11)8-6-7-12-10(8)4-2/h8-11H,3-7H2,1-2H3. The third-order valence-corrected chi connectivity index (χ3v) is 2.74. The minimum Gasteiger partial charge on any atom is -0.393 e. The first kappa shape index (κ1) is 10.0. The molecule has 1 aliphatic heterocycles. The Morgan fingerprint density at radius 3 is 2.83 bits per heavy atom. The molecule has 2 heteroatoms. The molecule has 1 N–H and O–H groups in total. The summed E-state index contributed by atoms with van der Waals surface area (Å²) in [5, 5.41) is 9.77. The largest absolute Gasteiger partial charge is 0.393 e. The van der Waals surface area contributed by atoms with Crippen LogP contribution in [0.3, 0.4) is 0 Å². The van der Waals surface area contributed by atoms with E-state index in [9.17, 15) is 5.11 Å². The average molecular weight is 172 g/mol. The van der Waals surface area contributed by atoms with Crippen LogP contribution in [-0.4, -0.2) is 23.9 Å². The molecule has 12 heavy (non-hydrogen) atoms. The van der Waals surface area contributed by atoms with E-state index in [1.807, 2.05) is 0 Å². The van der Waals surface area contributed by atoms with Gasteiger partial charge in [-0.2, -0.15) is 0 Å². The average Bonchev–Trinajstić information content (AvgIpc) is 2.51. The smallest absolute Gasteiger partial charge is 0.0626 e. The van der Waals surface area contributed by atoms with Gasteiger partial charge in [-0.15, -0.1) is 0 Å². The molecule has 1 aliphatic rings. The van der Waals surface area contributed by atoms with E-state index in [1.165, 1.54) is 0 Å². The molecular weight excluding hydrogens is 152 g/mol. The molecule has 1 rings (SSSR count). The van der Waals surface area contributed by atoms with Crippen LogP contribution in [0.4, 0.5) is 0 Å². The molecule has 72 valence electrons. The molecule has 3 unspecified atom stereocenters. The minimum atomic E-state index is -0.137. The van der Waals surface area contributed by atoms with Crippen molar-refractivity contribution in [2.45, 2.75) is 51.7 Å². The fourth-order valence-corrected chi connectivity index (χ4v) is 2.04. The Morgan fingerprint density at radius 1 is 1.50 bits per heavy atom. The van der Waals surface area contributed by atoms with Crippen LogP contribution < -0.4 is 0 Å². The van der Waals surface area contributed by atoms with Gasteiger partial charge in [-0.1, -0.05) is 20.3 Å². The molecular formula is C10H20O2. The van der Waals surface area contributed by atoms with Crippen LogP contribution in [0, 0.1) is 5.92 Å². The van der Waals surface area contributed by atoms with E-state index in [2.05, 4.69) is 13.8 Å². The summed E-state index contributed by atoms with van der Waals surface area (Å²) in [5.74, 6) is 0.398. The highest BCUT2D eigenvalue weighted by molar-refractivity contribution is 4.80. The Balaban J connectivity index is 2.38. The fraction of sp³-hybridized carbons (Fsp3) is 1.00. The Labute approximate surface area is 74.9 Å². The van der Waals surface area contributed by atoms with Crippen LogP contribution >= 0.6 is 0 Å². The molecule has 0 spiro atoms. The number of hydrogen-bond acceptors (Lipinski definition) is 2. The summed E-state index contributed by atoms with van der Waals surface area (Å²) < 4.78 is 5.52. The van der Waals surface area contributed by atoms with E-state index >= 15 is 0 Å². The van der Waals surface area contributed by atoms with Crippen LogP contribution in [0.2, 0.25) is 0 Å². The van der Waals surface area contributed by atoms with Gasteiger partial charge in [-0.25, -0.2) is 0 Å². The van der Waals surface area contributed by atoms with Crippen molar-refractivity contribution in [1.29, 1.82) is 0 Å². The highest BCUT2D eigenvalue weighted by Crippen LogP contribution is 2.28. The lowest BCUT2D eigenvalue weighted by Gasteiger charge is -2.21. The van der Waals surface area contributed by atoms with Crippen molar-refractivity contribution in [3.63, 3.8) is 0 Å². The molecule has 2 nitrogen and oxygen atoms in total. The van der Waals surface area contributed by atoms with Gasteiger partial charge >= 0.3 is 0 Å². The van der Waals surface area contributed by atoms with Gasteiger partial charge in [0.15, 0.2) is 0 Å². The Kier molecular flexibility index (Phi) is 4.02. The first-order valence-electron chi connectivity index (χ1n) is 5.09. The van der Waals surface area contributed by atoms with Crippen molar-refractivity contribution in [2.75, 3.05) is 6.61 Å². The second kappa shape index (κ2) is 4.83. The summed E-state index contributed by atoms with van der Waals surface area (Å²) in [7, 11) is 0. The molecule has 1 saturated heterocycles. The quantitative estimate of drug-likeness (QED) is 0.702. The zero-order valence-corrected chi connectivity index (χ0v) is 8.12. The summed E-state index contributed by atoms with van der Waals surface area (Å²) >= 11 is 0. The van der Waals surface area contributed by atoms with Gasteiger partial charge < -0.3 is 9.84 Å². The number of aliphatic hydroxyl groups is 1. The van der Waals surface area contributed by atoms with Crippen molar-refractivity contribution >= 4 is 0 Å². The first-order valence-corrected chi connectivity index (χ1v) is 5.09. The maximum Gasteiger partial charge on any atom is 0.0626 e. The highest BCUT2D eigenvalue weighted by atomic mass is 16.5. The van der Waals surface area contributed by atoms with E-state index in [1.54, 1.807) is 0 Å². The second-order valence-electron chi connectivity index (χ2n) is 3.63. The maximum atomic E-state index is 9.77. The van der Waals surface area contributed by atoms with E-state index in [-0.39, 0.29) is 6.10 Å². The predicted octanol–water partition coefficient (Wildman–Crippen LogP) is 1.96. The number of aliphatic hydroxyl groups excluding tert-OH is 1. The van der Waals surface area contributed by atoms with Gasteiger partial charge in [0.1, 0.15) is 0 Å². The zero-order chi connectivity index (χ0) is 8.97. The Morgan fingerprint density at radius 2 is 2.25 bits per heavy atom. The van der Waals surface area contributed by atoms with Crippen LogP contribution in [0.1, 0.15) is 39.5 Å². The van der Waals surface area contributed by atoms with E-state index in [4.69, 9.17) is 4.74 Å². The SMILES string of the molecule is CCCC(O)C1CCOC1CC. The lowest BCUT2D eigenvalue weighted by atomic mass is 9.91. The lowest BCUT2D eigenvalue weighted by molar-refractivity contribution is 0.0276. The lowest BCUT2D eigenvalue weighted by Crippen LogP contribution is -2.27. The van der Waals surface area contributed by atoms with Crippen molar-refractivity contribution in [3.8, 4) is 0 Å². The van der Waals surface area contributed by atoms with Crippen molar-refractivity contribution in [3.05, 3.63) is 0 Å². The van der Waals surface area contributed by atoms with E-state index in [0.717, 1.165) is 32.3 Å². The third-order valence-electron chi connectivity index (χ3n) is 2.74. The van der Waals surface area contributed by atoms with Gasteiger partial charge in [0.05, 0.1) is 12.2 Å². The van der Waals surface area contributed by atoms with Crippen molar-refractivity contribution in [2.24, 2.45) is 5.92 Å². The molecule has 1 heterocycles. The fourth-order valence-electron chi connectivity index (χ4n) is 2.04. The maximum absolute atomic E-state index is 9.77. The van der Waals surface area contributed by atoms with Crippen molar-refractivity contribution in [1.82, 2.24) is 0 Å². The molecule has 0 aliphatic carbocycles. The number of ether oxygens (including phenoxy) is 1. The molecule has 0 aromatic rings. The minimum absolute atomic E-state index is 0.137. The van der Waals surface area contributed by atoms with E-state index in [0.29, 0.717) is 12.0 Å². The Bertz CT molecular complexity index is 125. The Hall–Kier alpha value is -0.0800. The topological polar surface area (TPSA) is 29.5 Å². The monoisotopic (exact) mass is 172 g/mol. The predicted molar refractivity (Wildman–Crippen MR) is 49.1 cm³/mol. The highest BCUT2D eigenvalue weighted by Gasteiger charge is 2.31. The van der Waals surface area contributed by atoms with Crippen LogP contribution in [-0.2, 0) is 4.74 Å². The molecule has 0 saturated carbocycles. The second-order valence-corrected chi connectivity index (χ2v) is 3.63. The molecule has 1 fully saturated rings. The number of hydrogen-bond donors (Lipinski definition) is 1.